The Labute approximate surface area is 78.8 Å². The summed E-state index contributed by atoms with van der Waals surface area (Å²) < 4.78 is 5.18. The van der Waals surface area contributed by atoms with Crippen LogP contribution in [0, 0.1) is 25.2 Å². The third-order valence-corrected chi connectivity index (χ3v) is 2.12. The smallest absolute Gasteiger partial charge is 0.122 e. The third kappa shape index (κ3) is 2.00. The van der Waals surface area contributed by atoms with Gasteiger partial charge in [0, 0.05) is 0 Å². The fourth-order valence-corrected chi connectivity index (χ4v) is 1.35. The lowest BCUT2D eigenvalue weighted by atomic mass is 10.0. The zero-order valence-corrected chi connectivity index (χ0v) is 8.22. The van der Waals surface area contributed by atoms with Crippen molar-refractivity contribution in [3.05, 3.63) is 28.8 Å². The maximum atomic E-state index is 8.58. The van der Waals surface area contributed by atoms with Crippen molar-refractivity contribution in [3.63, 3.8) is 0 Å². The van der Waals surface area contributed by atoms with Gasteiger partial charge in [0.1, 0.15) is 5.75 Å². The lowest BCUT2D eigenvalue weighted by Crippen LogP contribution is -1.93. The summed E-state index contributed by atoms with van der Waals surface area (Å²) in [7, 11) is 1.66. The Kier molecular flexibility index (Phi) is 2.92. The van der Waals surface area contributed by atoms with Crippen LogP contribution in [-0.4, -0.2) is 7.11 Å². The van der Waals surface area contributed by atoms with E-state index >= 15 is 0 Å². The summed E-state index contributed by atoms with van der Waals surface area (Å²) >= 11 is 0. The summed E-state index contributed by atoms with van der Waals surface area (Å²) in [6.45, 7) is 3.98. The molecule has 0 aliphatic heterocycles. The molecule has 0 saturated heterocycles. The lowest BCUT2D eigenvalue weighted by molar-refractivity contribution is 0.411. The molecule has 0 atom stereocenters. The minimum Gasteiger partial charge on any atom is -0.496 e. The quantitative estimate of drug-likeness (QED) is 0.691. The number of hydrogen-bond donors (Lipinski definition) is 0. The molecule has 0 aliphatic carbocycles. The van der Waals surface area contributed by atoms with Crippen molar-refractivity contribution in [2.75, 3.05) is 7.11 Å². The number of aryl methyl sites for hydroxylation is 2. The van der Waals surface area contributed by atoms with Crippen LogP contribution >= 0.6 is 0 Å². The molecule has 0 bridgehead atoms. The molecule has 0 aromatic heterocycles. The van der Waals surface area contributed by atoms with E-state index in [0.29, 0.717) is 6.42 Å². The maximum absolute atomic E-state index is 8.58. The molecule has 68 valence electrons. The molecule has 0 aliphatic rings. The molecule has 0 spiro atoms. The molecule has 0 fully saturated rings. The molecule has 13 heavy (non-hydrogen) atoms. The first-order valence-corrected chi connectivity index (χ1v) is 4.20. The van der Waals surface area contributed by atoms with E-state index < -0.39 is 0 Å². The summed E-state index contributed by atoms with van der Waals surface area (Å²) in [6, 6.07) is 6.13. The van der Waals surface area contributed by atoms with Gasteiger partial charge in [-0.15, -0.1) is 0 Å². The molecule has 0 N–H and O–H groups in total. The predicted octanol–water partition coefficient (Wildman–Crippen LogP) is 2.38. The lowest BCUT2D eigenvalue weighted by Gasteiger charge is -2.08. The largest absolute Gasteiger partial charge is 0.496 e. The molecule has 0 radical (unpaired) electrons. The highest BCUT2D eigenvalue weighted by Crippen LogP contribution is 2.22. The number of hydrogen-bond acceptors (Lipinski definition) is 2. The highest BCUT2D eigenvalue weighted by Gasteiger charge is 2.03. The highest BCUT2D eigenvalue weighted by atomic mass is 16.5. The van der Waals surface area contributed by atoms with Crippen molar-refractivity contribution in [1.29, 1.82) is 5.26 Å². The van der Waals surface area contributed by atoms with Gasteiger partial charge in [-0.3, -0.25) is 0 Å². The van der Waals surface area contributed by atoms with E-state index in [1.807, 2.05) is 26.0 Å². The molecule has 0 heterocycles. The Bertz CT molecular complexity index is 350. The molecular formula is C11H13NO. The van der Waals surface area contributed by atoms with Crippen LogP contribution in [0.15, 0.2) is 12.1 Å². The second-order valence-electron chi connectivity index (χ2n) is 3.08. The summed E-state index contributed by atoms with van der Waals surface area (Å²) in [5.74, 6) is 0.888. The number of methoxy groups -OCH3 is 1. The molecule has 1 aromatic rings. The van der Waals surface area contributed by atoms with E-state index in [9.17, 15) is 0 Å². The van der Waals surface area contributed by atoms with Gasteiger partial charge >= 0.3 is 0 Å². The van der Waals surface area contributed by atoms with Crippen LogP contribution in [0.25, 0.3) is 0 Å². The van der Waals surface area contributed by atoms with Gasteiger partial charge in [-0.2, -0.15) is 5.26 Å². The second-order valence-corrected chi connectivity index (χ2v) is 3.08. The van der Waals surface area contributed by atoms with E-state index in [4.69, 9.17) is 10.00 Å². The number of nitrogens with zero attached hydrogens (tertiary/aromatic N) is 1. The van der Waals surface area contributed by atoms with Gasteiger partial charge in [0.2, 0.25) is 0 Å². The highest BCUT2D eigenvalue weighted by molar-refractivity contribution is 5.42. The van der Waals surface area contributed by atoms with E-state index in [1.165, 1.54) is 0 Å². The van der Waals surface area contributed by atoms with Gasteiger partial charge in [0.15, 0.2) is 0 Å². The number of ether oxygens (including phenoxy) is 1. The predicted molar refractivity (Wildman–Crippen MR) is 51.8 cm³/mol. The average Bonchev–Trinajstić information content (AvgIpc) is 2.11. The van der Waals surface area contributed by atoms with Crippen LogP contribution in [-0.2, 0) is 6.42 Å². The van der Waals surface area contributed by atoms with E-state index in [2.05, 4.69) is 6.07 Å². The van der Waals surface area contributed by atoms with Gasteiger partial charge < -0.3 is 4.74 Å². The van der Waals surface area contributed by atoms with E-state index in [0.717, 1.165) is 22.4 Å². The van der Waals surface area contributed by atoms with Crippen molar-refractivity contribution in [1.82, 2.24) is 0 Å². The standard InChI is InChI=1S/C11H13NO/c1-8-7-11(13-3)9(2)6-10(8)4-5-12/h6-7H,4H2,1-3H3. The van der Waals surface area contributed by atoms with Crippen molar-refractivity contribution in [3.8, 4) is 11.8 Å². The Balaban J connectivity index is 3.14. The molecular weight excluding hydrogens is 162 g/mol. The summed E-state index contributed by atoms with van der Waals surface area (Å²) in [5.41, 5.74) is 3.28. The van der Waals surface area contributed by atoms with Crippen LogP contribution < -0.4 is 4.74 Å². The van der Waals surface area contributed by atoms with Crippen molar-refractivity contribution < 1.29 is 4.74 Å². The molecule has 0 amide bonds. The molecule has 0 saturated carbocycles. The van der Waals surface area contributed by atoms with Gasteiger partial charge in [-0.1, -0.05) is 6.07 Å². The first-order chi connectivity index (χ1) is 6.19. The molecule has 1 rings (SSSR count). The maximum Gasteiger partial charge on any atom is 0.122 e. The first-order valence-electron chi connectivity index (χ1n) is 4.20. The van der Waals surface area contributed by atoms with E-state index in [1.54, 1.807) is 7.11 Å². The average molecular weight is 175 g/mol. The minimum atomic E-state index is 0.469. The van der Waals surface area contributed by atoms with Gasteiger partial charge in [0.05, 0.1) is 19.6 Å². The monoisotopic (exact) mass is 175 g/mol. The van der Waals surface area contributed by atoms with Gasteiger partial charge in [-0.25, -0.2) is 0 Å². The van der Waals surface area contributed by atoms with Crippen molar-refractivity contribution in [2.24, 2.45) is 0 Å². The fraction of sp³-hybridized carbons (Fsp3) is 0.364. The Morgan fingerprint density at radius 2 is 2.00 bits per heavy atom. The first kappa shape index (κ1) is 9.60. The summed E-state index contributed by atoms with van der Waals surface area (Å²) in [4.78, 5) is 0. The topological polar surface area (TPSA) is 33.0 Å². The minimum absolute atomic E-state index is 0.469. The zero-order valence-electron chi connectivity index (χ0n) is 8.22. The molecule has 1 aromatic carbocycles. The number of benzene rings is 1. The summed E-state index contributed by atoms with van der Waals surface area (Å²) in [6.07, 6.45) is 0.469. The molecule has 2 heteroatoms. The van der Waals surface area contributed by atoms with Crippen molar-refractivity contribution in [2.45, 2.75) is 20.3 Å². The Morgan fingerprint density at radius 1 is 1.31 bits per heavy atom. The van der Waals surface area contributed by atoms with Crippen LogP contribution in [0.2, 0.25) is 0 Å². The van der Waals surface area contributed by atoms with Crippen LogP contribution in [0.5, 0.6) is 5.75 Å². The molecule has 0 unspecified atom stereocenters. The van der Waals surface area contributed by atoms with Gasteiger partial charge in [0.25, 0.3) is 0 Å². The van der Waals surface area contributed by atoms with Crippen LogP contribution in [0.1, 0.15) is 16.7 Å². The Morgan fingerprint density at radius 3 is 2.54 bits per heavy atom. The number of rotatable bonds is 2. The number of nitriles is 1. The van der Waals surface area contributed by atoms with Crippen LogP contribution in [0.3, 0.4) is 0 Å². The summed E-state index contributed by atoms with van der Waals surface area (Å²) in [5, 5.41) is 8.58. The normalized spacial score (nSPS) is 9.38. The second kappa shape index (κ2) is 3.95. The van der Waals surface area contributed by atoms with Crippen molar-refractivity contribution >= 4 is 0 Å². The van der Waals surface area contributed by atoms with Crippen LogP contribution in [0.4, 0.5) is 0 Å². The zero-order chi connectivity index (χ0) is 9.84. The Hall–Kier alpha value is -1.49. The van der Waals surface area contributed by atoms with Gasteiger partial charge in [-0.05, 0) is 36.6 Å². The SMILES string of the molecule is COc1cc(C)c(CC#N)cc1C. The molecule has 2 nitrogen and oxygen atoms in total. The van der Waals surface area contributed by atoms with E-state index in [-0.39, 0.29) is 0 Å². The fourth-order valence-electron chi connectivity index (χ4n) is 1.35. The third-order valence-electron chi connectivity index (χ3n) is 2.12.